The normalized spacial score (nSPS) is 16.8. The fourth-order valence-corrected chi connectivity index (χ4v) is 4.54. The Labute approximate surface area is 214 Å². The smallest absolute Gasteiger partial charge is 0.191 e. The van der Waals surface area contributed by atoms with E-state index in [1.54, 1.807) is 7.11 Å². The van der Waals surface area contributed by atoms with Crippen LogP contribution in [0, 0.1) is 0 Å². The first kappa shape index (κ1) is 25.6. The summed E-state index contributed by atoms with van der Waals surface area (Å²) in [6.45, 7) is 6.85. The number of benzene rings is 2. The first-order chi connectivity index (χ1) is 15.7. The maximum absolute atomic E-state index is 5.68. The third-order valence-electron chi connectivity index (χ3n) is 6.50. The van der Waals surface area contributed by atoms with Crippen molar-refractivity contribution in [3.05, 3.63) is 59.2 Å². The molecule has 2 aliphatic rings. The lowest BCUT2D eigenvalue weighted by Gasteiger charge is -2.36. The highest BCUT2D eigenvalue weighted by atomic mass is 127. The summed E-state index contributed by atoms with van der Waals surface area (Å²) in [6.07, 6.45) is 3.91. The van der Waals surface area contributed by atoms with E-state index in [0.29, 0.717) is 0 Å². The first-order valence-corrected chi connectivity index (χ1v) is 11.7. The molecule has 33 heavy (non-hydrogen) atoms. The van der Waals surface area contributed by atoms with Crippen LogP contribution in [0.2, 0.25) is 0 Å². The maximum atomic E-state index is 5.68. The van der Waals surface area contributed by atoms with Crippen LogP contribution in [-0.4, -0.2) is 52.5 Å². The highest BCUT2D eigenvalue weighted by Crippen LogP contribution is 2.36. The molecule has 1 saturated heterocycles. The summed E-state index contributed by atoms with van der Waals surface area (Å²) in [5.41, 5.74) is 3.95. The number of hydrogen-bond acceptors (Lipinski definition) is 4. The van der Waals surface area contributed by atoms with E-state index in [1.807, 2.05) is 12.1 Å². The fraction of sp³-hybridized carbons (Fsp3) is 0.500. The van der Waals surface area contributed by atoms with Crippen LogP contribution < -0.4 is 20.1 Å². The van der Waals surface area contributed by atoms with Gasteiger partial charge < -0.3 is 24.8 Å². The molecule has 0 amide bonds. The van der Waals surface area contributed by atoms with Crippen LogP contribution in [-0.2, 0) is 23.0 Å². The maximum Gasteiger partial charge on any atom is 0.191 e. The van der Waals surface area contributed by atoms with E-state index >= 15 is 0 Å². The standard InChI is InChI=1S/C26H35N3O3.HI/c1-3-27-25(28-14-10-20-4-9-24-21(18-20)11-15-32-24)29-19-26(12-16-31-17-13-26)22-5-7-23(30-2)8-6-22;/h4-9,18H,3,10-17,19H2,1-2H3,(H2,27,28,29);1H. The summed E-state index contributed by atoms with van der Waals surface area (Å²) in [5, 5.41) is 6.92. The molecule has 6 nitrogen and oxygen atoms in total. The Kier molecular flexibility index (Phi) is 9.67. The quantitative estimate of drug-likeness (QED) is 0.287. The minimum absolute atomic E-state index is 0. The number of nitrogens with one attached hydrogen (secondary N) is 2. The van der Waals surface area contributed by atoms with Crippen LogP contribution in [0.3, 0.4) is 0 Å². The number of methoxy groups -OCH3 is 1. The van der Waals surface area contributed by atoms with Gasteiger partial charge in [-0.2, -0.15) is 0 Å². The van der Waals surface area contributed by atoms with E-state index < -0.39 is 0 Å². The summed E-state index contributed by atoms with van der Waals surface area (Å²) < 4.78 is 16.6. The number of aliphatic imine (C=N–C) groups is 1. The zero-order chi connectivity index (χ0) is 22.2. The molecule has 0 aromatic heterocycles. The number of nitrogens with zero attached hydrogens (tertiary/aromatic N) is 1. The predicted octanol–water partition coefficient (Wildman–Crippen LogP) is 4.09. The Morgan fingerprint density at radius 2 is 1.85 bits per heavy atom. The minimum Gasteiger partial charge on any atom is -0.497 e. The van der Waals surface area contributed by atoms with Crippen LogP contribution >= 0.6 is 24.0 Å². The van der Waals surface area contributed by atoms with E-state index in [-0.39, 0.29) is 29.4 Å². The summed E-state index contributed by atoms with van der Waals surface area (Å²) in [4.78, 5) is 5.00. The average Bonchev–Trinajstić information content (AvgIpc) is 3.31. The number of rotatable bonds is 8. The van der Waals surface area contributed by atoms with Gasteiger partial charge in [0.25, 0.3) is 0 Å². The summed E-state index contributed by atoms with van der Waals surface area (Å²) >= 11 is 0. The molecule has 0 spiro atoms. The Hall–Kier alpha value is -2.00. The van der Waals surface area contributed by atoms with Crippen molar-refractivity contribution < 1.29 is 14.2 Å². The Balaban J connectivity index is 0.00000306. The molecule has 1 fully saturated rings. The van der Waals surface area contributed by atoms with Crippen molar-refractivity contribution in [3.8, 4) is 11.5 Å². The van der Waals surface area contributed by atoms with Crippen molar-refractivity contribution >= 4 is 29.9 Å². The van der Waals surface area contributed by atoms with Crippen molar-refractivity contribution in [2.24, 2.45) is 4.99 Å². The van der Waals surface area contributed by atoms with Gasteiger partial charge in [-0.1, -0.05) is 24.3 Å². The lowest BCUT2D eigenvalue weighted by molar-refractivity contribution is 0.0531. The molecule has 2 aromatic carbocycles. The van der Waals surface area contributed by atoms with Crippen molar-refractivity contribution in [3.63, 3.8) is 0 Å². The third kappa shape index (κ3) is 6.53. The number of hydrogen-bond donors (Lipinski definition) is 2. The van der Waals surface area contributed by atoms with Crippen molar-refractivity contribution in [1.29, 1.82) is 0 Å². The summed E-state index contributed by atoms with van der Waals surface area (Å²) in [6, 6.07) is 15.0. The highest BCUT2D eigenvalue weighted by Gasteiger charge is 2.34. The van der Waals surface area contributed by atoms with Gasteiger partial charge in [0.05, 0.1) is 20.3 Å². The van der Waals surface area contributed by atoms with Crippen molar-refractivity contribution in [2.45, 2.75) is 38.0 Å². The molecule has 2 N–H and O–H groups in total. The van der Waals surface area contributed by atoms with Gasteiger partial charge in [-0.25, -0.2) is 0 Å². The molecular weight excluding hydrogens is 529 g/mol. The van der Waals surface area contributed by atoms with Gasteiger partial charge in [0.15, 0.2) is 5.96 Å². The zero-order valence-corrected chi connectivity index (χ0v) is 22.0. The average molecular weight is 565 g/mol. The molecule has 2 aromatic rings. The number of fused-ring (bicyclic) bond motifs is 1. The largest absolute Gasteiger partial charge is 0.497 e. The van der Waals surface area contributed by atoms with Gasteiger partial charge in [0.1, 0.15) is 11.5 Å². The van der Waals surface area contributed by atoms with Gasteiger partial charge in [0, 0.05) is 38.1 Å². The Bertz CT molecular complexity index is 911. The first-order valence-electron chi connectivity index (χ1n) is 11.7. The lowest BCUT2D eigenvalue weighted by atomic mass is 9.74. The SMILES string of the molecule is CCNC(=NCC1(c2ccc(OC)cc2)CCOCC1)NCCc1ccc2c(c1)CCO2.I. The lowest BCUT2D eigenvalue weighted by Crippen LogP contribution is -2.41. The molecule has 180 valence electrons. The molecular formula is C26H36IN3O3. The Morgan fingerprint density at radius 1 is 1.06 bits per heavy atom. The van der Waals surface area contributed by atoms with Gasteiger partial charge in [-0.15, -0.1) is 24.0 Å². The van der Waals surface area contributed by atoms with Crippen LogP contribution in [0.15, 0.2) is 47.5 Å². The van der Waals surface area contributed by atoms with E-state index in [2.05, 4.69) is 47.9 Å². The summed E-state index contributed by atoms with van der Waals surface area (Å²) in [5.74, 6) is 2.79. The highest BCUT2D eigenvalue weighted by molar-refractivity contribution is 14.0. The molecule has 0 aliphatic carbocycles. The molecule has 0 bridgehead atoms. The van der Waals surface area contributed by atoms with Crippen LogP contribution in [0.25, 0.3) is 0 Å². The molecule has 4 rings (SSSR count). The zero-order valence-electron chi connectivity index (χ0n) is 19.7. The van der Waals surface area contributed by atoms with Crippen LogP contribution in [0.1, 0.15) is 36.5 Å². The molecule has 0 unspecified atom stereocenters. The molecule has 2 aliphatic heterocycles. The molecule has 7 heteroatoms. The van der Waals surface area contributed by atoms with Gasteiger partial charge in [-0.3, -0.25) is 4.99 Å². The monoisotopic (exact) mass is 565 g/mol. The van der Waals surface area contributed by atoms with Gasteiger partial charge in [0.2, 0.25) is 0 Å². The van der Waals surface area contributed by atoms with E-state index in [0.717, 1.165) is 82.6 Å². The van der Waals surface area contributed by atoms with Crippen LogP contribution in [0.4, 0.5) is 0 Å². The number of ether oxygens (including phenoxy) is 3. The molecule has 0 atom stereocenters. The topological polar surface area (TPSA) is 64.1 Å². The van der Waals surface area contributed by atoms with E-state index in [1.165, 1.54) is 16.7 Å². The minimum atomic E-state index is -0.00709. The van der Waals surface area contributed by atoms with Gasteiger partial charge in [-0.05, 0) is 61.1 Å². The molecule has 2 heterocycles. The van der Waals surface area contributed by atoms with Gasteiger partial charge >= 0.3 is 0 Å². The van der Waals surface area contributed by atoms with E-state index in [9.17, 15) is 0 Å². The third-order valence-corrected chi connectivity index (χ3v) is 6.50. The Morgan fingerprint density at radius 3 is 2.58 bits per heavy atom. The molecule has 0 radical (unpaired) electrons. The second kappa shape index (κ2) is 12.5. The second-order valence-electron chi connectivity index (χ2n) is 8.53. The summed E-state index contributed by atoms with van der Waals surface area (Å²) in [7, 11) is 1.70. The van der Waals surface area contributed by atoms with Crippen LogP contribution in [0.5, 0.6) is 11.5 Å². The van der Waals surface area contributed by atoms with E-state index in [4.69, 9.17) is 19.2 Å². The predicted molar refractivity (Wildman–Crippen MR) is 143 cm³/mol. The van der Waals surface area contributed by atoms with Crippen molar-refractivity contribution in [2.75, 3.05) is 46.6 Å². The fourth-order valence-electron chi connectivity index (χ4n) is 4.54. The second-order valence-corrected chi connectivity index (χ2v) is 8.53. The number of guanidine groups is 1. The van der Waals surface area contributed by atoms with Crippen molar-refractivity contribution in [1.82, 2.24) is 10.6 Å². The number of halogens is 1. The molecule has 0 saturated carbocycles.